The summed E-state index contributed by atoms with van der Waals surface area (Å²) in [5, 5.41) is 7.36. The molecule has 2 aliphatic rings. The predicted molar refractivity (Wildman–Crippen MR) is 67.6 cm³/mol. The molecule has 4 nitrogen and oxygen atoms in total. The Morgan fingerprint density at radius 1 is 1.47 bits per heavy atom. The maximum Gasteiger partial charge on any atom is 0.195 e. The van der Waals surface area contributed by atoms with Crippen LogP contribution in [0.5, 0.6) is 0 Å². The summed E-state index contributed by atoms with van der Waals surface area (Å²) in [6.07, 6.45) is 3.87. The molecule has 0 saturated heterocycles. The van der Waals surface area contributed by atoms with Gasteiger partial charge in [-0.15, -0.1) is 0 Å². The van der Waals surface area contributed by atoms with Crippen molar-refractivity contribution in [3.05, 3.63) is 10.6 Å². The van der Waals surface area contributed by atoms with Crippen LogP contribution in [0.1, 0.15) is 50.9 Å². The number of ether oxygens (including phenoxy) is 1. The predicted octanol–water partition coefficient (Wildman–Crippen LogP) is 2.80. The fraction of sp³-hybridized carbons (Fsp3) is 0.833. The van der Waals surface area contributed by atoms with Gasteiger partial charge in [0.05, 0.1) is 6.10 Å². The Hall–Kier alpha value is -0.680. The number of hydrogen-bond acceptors (Lipinski definition) is 3. The topological polar surface area (TPSA) is 42.8 Å². The van der Waals surface area contributed by atoms with Gasteiger partial charge in [-0.05, 0) is 31.5 Å². The van der Waals surface area contributed by atoms with Crippen molar-refractivity contribution < 1.29 is 4.74 Å². The second-order valence-electron chi connectivity index (χ2n) is 5.83. The number of aromatic nitrogens is 3. The summed E-state index contributed by atoms with van der Waals surface area (Å²) in [6.45, 7) is 4.50. The Morgan fingerprint density at radius 3 is 2.71 bits per heavy atom. The van der Waals surface area contributed by atoms with Crippen molar-refractivity contribution in [1.29, 1.82) is 0 Å². The molecule has 1 aromatic heterocycles. The van der Waals surface area contributed by atoms with E-state index in [9.17, 15) is 0 Å². The number of hydrogen-bond donors (Lipinski definition) is 1. The van der Waals surface area contributed by atoms with Crippen LogP contribution >= 0.6 is 12.2 Å². The molecule has 17 heavy (non-hydrogen) atoms. The molecular weight excluding hydrogens is 234 g/mol. The third-order valence-electron chi connectivity index (χ3n) is 4.40. The number of H-pyrrole nitrogens is 1. The van der Waals surface area contributed by atoms with Crippen LogP contribution in [0.3, 0.4) is 0 Å². The highest BCUT2D eigenvalue weighted by molar-refractivity contribution is 7.71. The molecule has 2 saturated carbocycles. The molecule has 2 fully saturated rings. The van der Waals surface area contributed by atoms with Crippen molar-refractivity contribution in [2.24, 2.45) is 5.41 Å². The number of methoxy groups -OCH3 is 1. The number of rotatable bonds is 3. The highest BCUT2D eigenvalue weighted by Gasteiger charge is 2.51. The first-order valence-electron chi connectivity index (χ1n) is 6.25. The SMILES string of the molecule is COC1CC(n2c(C3CC3)n[nH]c2=S)C1(C)C. The summed E-state index contributed by atoms with van der Waals surface area (Å²) in [4.78, 5) is 0. The quantitative estimate of drug-likeness (QED) is 0.842. The zero-order chi connectivity index (χ0) is 12.2. The summed E-state index contributed by atoms with van der Waals surface area (Å²) in [7, 11) is 1.79. The first-order chi connectivity index (χ1) is 8.05. The van der Waals surface area contributed by atoms with Gasteiger partial charge in [-0.25, -0.2) is 0 Å². The molecule has 94 valence electrons. The third kappa shape index (κ3) is 1.59. The summed E-state index contributed by atoms with van der Waals surface area (Å²) in [6, 6.07) is 0.425. The average Bonchev–Trinajstić information content (AvgIpc) is 3.05. The van der Waals surface area contributed by atoms with E-state index < -0.39 is 0 Å². The minimum Gasteiger partial charge on any atom is -0.381 e. The zero-order valence-electron chi connectivity index (χ0n) is 10.6. The molecule has 0 aliphatic heterocycles. The van der Waals surface area contributed by atoms with Crippen LogP contribution in [0.25, 0.3) is 0 Å². The van der Waals surface area contributed by atoms with Crippen LogP contribution in [0.15, 0.2) is 0 Å². The summed E-state index contributed by atoms with van der Waals surface area (Å²) >= 11 is 5.38. The second-order valence-corrected chi connectivity index (χ2v) is 6.22. The monoisotopic (exact) mass is 253 g/mol. The molecule has 5 heteroatoms. The van der Waals surface area contributed by atoms with Crippen LogP contribution in [0, 0.1) is 10.2 Å². The van der Waals surface area contributed by atoms with E-state index in [0.29, 0.717) is 18.1 Å². The van der Waals surface area contributed by atoms with Gasteiger partial charge in [-0.3, -0.25) is 5.10 Å². The summed E-state index contributed by atoms with van der Waals surface area (Å²) < 4.78 is 8.51. The minimum absolute atomic E-state index is 0.139. The highest BCUT2D eigenvalue weighted by atomic mass is 32.1. The fourth-order valence-corrected chi connectivity index (χ4v) is 3.22. The molecule has 0 spiro atoms. The molecule has 0 amide bonds. The summed E-state index contributed by atoms with van der Waals surface area (Å²) in [5.41, 5.74) is 0.139. The molecule has 1 aromatic rings. The maximum atomic E-state index is 5.51. The van der Waals surface area contributed by atoms with E-state index in [2.05, 4.69) is 28.6 Å². The van der Waals surface area contributed by atoms with E-state index in [0.717, 1.165) is 17.0 Å². The van der Waals surface area contributed by atoms with Gasteiger partial charge in [-0.2, -0.15) is 5.10 Å². The van der Waals surface area contributed by atoms with Crippen LogP contribution < -0.4 is 0 Å². The first kappa shape index (κ1) is 11.4. The molecule has 1 heterocycles. The lowest BCUT2D eigenvalue weighted by atomic mass is 9.64. The molecule has 1 N–H and O–H groups in total. The van der Waals surface area contributed by atoms with E-state index in [4.69, 9.17) is 17.0 Å². The average molecular weight is 253 g/mol. The maximum absolute atomic E-state index is 5.51. The Morgan fingerprint density at radius 2 is 2.18 bits per heavy atom. The molecule has 2 aliphatic carbocycles. The normalized spacial score (nSPS) is 31.2. The highest BCUT2D eigenvalue weighted by Crippen LogP contribution is 2.53. The van der Waals surface area contributed by atoms with Crippen molar-refractivity contribution >= 4 is 12.2 Å². The van der Waals surface area contributed by atoms with Crippen molar-refractivity contribution in [3.8, 4) is 0 Å². The van der Waals surface area contributed by atoms with Gasteiger partial charge < -0.3 is 9.30 Å². The largest absolute Gasteiger partial charge is 0.381 e. The van der Waals surface area contributed by atoms with Gasteiger partial charge in [0.1, 0.15) is 5.82 Å². The van der Waals surface area contributed by atoms with Crippen LogP contribution in [-0.4, -0.2) is 28.0 Å². The van der Waals surface area contributed by atoms with Gasteiger partial charge in [0.25, 0.3) is 0 Å². The standard InChI is InChI=1S/C12H19N3OS/c1-12(2)8(6-9(12)16-3)15-10(7-4-5-7)13-14-11(15)17/h7-9H,4-6H2,1-3H3,(H,14,17). The van der Waals surface area contributed by atoms with E-state index >= 15 is 0 Å². The van der Waals surface area contributed by atoms with E-state index in [1.54, 1.807) is 7.11 Å². The van der Waals surface area contributed by atoms with Crippen LogP contribution in [-0.2, 0) is 4.74 Å². The smallest absolute Gasteiger partial charge is 0.195 e. The van der Waals surface area contributed by atoms with Crippen molar-refractivity contribution in [2.45, 2.75) is 51.2 Å². The minimum atomic E-state index is 0.139. The molecule has 0 aromatic carbocycles. The Kier molecular flexibility index (Phi) is 2.45. The van der Waals surface area contributed by atoms with Gasteiger partial charge in [0, 0.05) is 24.5 Å². The third-order valence-corrected chi connectivity index (χ3v) is 4.68. The molecule has 0 radical (unpaired) electrons. The molecule has 3 rings (SSSR count). The lowest BCUT2D eigenvalue weighted by Gasteiger charge is -2.51. The first-order valence-corrected chi connectivity index (χ1v) is 6.66. The van der Waals surface area contributed by atoms with Gasteiger partial charge in [-0.1, -0.05) is 13.8 Å². The Balaban J connectivity index is 1.95. The van der Waals surface area contributed by atoms with Gasteiger partial charge in [0.15, 0.2) is 4.77 Å². The van der Waals surface area contributed by atoms with Gasteiger partial charge in [0.2, 0.25) is 0 Å². The van der Waals surface area contributed by atoms with E-state index in [1.807, 2.05) is 0 Å². The Bertz CT molecular complexity index is 486. The van der Waals surface area contributed by atoms with Crippen molar-refractivity contribution in [2.75, 3.05) is 7.11 Å². The lowest BCUT2D eigenvalue weighted by Crippen LogP contribution is -2.51. The zero-order valence-corrected chi connectivity index (χ0v) is 11.4. The molecular formula is C12H19N3OS. The second kappa shape index (κ2) is 3.65. The van der Waals surface area contributed by atoms with E-state index in [1.165, 1.54) is 12.8 Å². The lowest BCUT2D eigenvalue weighted by molar-refractivity contribution is -0.113. The number of nitrogens with one attached hydrogen (secondary N) is 1. The Labute approximate surface area is 106 Å². The van der Waals surface area contributed by atoms with Gasteiger partial charge >= 0.3 is 0 Å². The molecule has 2 atom stereocenters. The summed E-state index contributed by atoms with van der Waals surface area (Å²) in [5.74, 6) is 1.78. The van der Waals surface area contributed by atoms with Crippen LogP contribution in [0.4, 0.5) is 0 Å². The molecule has 0 bridgehead atoms. The van der Waals surface area contributed by atoms with E-state index in [-0.39, 0.29) is 5.41 Å². The number of nitrogens with zero attached hydrogens (tertiary/aromatic N) is 2. The van der Waals surface area contributed by atoms with Crippen molar-refractivity contribution in [1.82, 2.24) is 14.8 Å². The fourth-order valence-electron chi connectivity index (χ4n) is 2.95. The van der Waals surface area contributed by atoms with Crippen molar-refractivity contribution in [3.63, 3.8) is 0 Å². The molecule has 2 unspecified atom stereocenters. The number of aromatic amines is 1. The van der Waals surface area contributed by atoms with Crippen LogP contribution in [0.2, 0.25) is 0 Å².